The summed E-state index contributed by atoms with van der Waals surface area (Å²) < 4.78 is 11.3. The number of aryl methyl sites for hydroxylation is 1. The summed E-state index contributed by atoms with van der Waals surface area (Å²) in [5, 5.41) is 2.96. The second-order valence-electron chi connectivity index (χ2n) is 7.36. The molecule has 0 spiro atoms. The third-order valence-electron chi connectivity index (χ3n) is 4.63. The molecule has 146 valence electrons. The SMILES string of the molecule is COc1cc(C)c(C(=O)NCCOc2ccccc2C(C)C)cc1C(C)C. The number of para-hydroxylation sites is 1. The van der Waals surface area contributed by atoms with Crippen LogP contribution in [0.4, 0.5) is 0 Å². The zero-order chi connectivity index (χ0) is 20.0. The highest BCUT2D eigenvalue weighted by molar-refractivity contribution is 5.96. The van der Waals surface area contributed by atoms with Crippen molar-refractivity contribution in [1.82, 2.24) is 5.32 Å². The average molecular weight is 370 g/mol. The molecule has 0 aliphatic carbocycles. The topological polar surface area (TPSA) is 47.6 Å². The van der Waals surface area contributed by atoms with Gasteiger partial charge in [-0.15, -0.1) is 0 Å². The predicted octanol–water partition coefficient (Wildman–Crippen LogP) is 5.06. The molecule has 0 atom stereocenters. The fraction of sp³-hybridized carbons (Fsp3) is 0.435. The number of ether oxygens (including phenoxy) is 2. The lowest BCUT2D eigenvalue weighted by Crippen LogP contribution is -2.29. The average Bonchev–Trinajstić information content (AvgIpc) is 2.64. The van der Waals surface area contributed by atoms with Gasteiger partial charge in [0.05, 0.1) is 13.7 Å². The molecule has 0 saturated heterocycles. The van der Waals surface area contributed by atoms with Crippen molar-refractivity contribution in [2.45, 2.75) is 46.5 Å². The molecule has 0 aromatic heterocycles. The van der Waals surface area contributed by atoms with Crippen molar-refractivity contribution in [2.24, 2.45) is 0 Å². The van der Waals surface area contributed by atoms with Crippen LogP contribution in [-0.2, 0) is 0 Å². The Morgan fingerprint density at radius 3 is 2.30 bits per heavy atom. The normalized spacial score (nSPS) is 11.0. The van der Waals surface area contributed by atoms with E-state index in [1.165, 1.54) is 5.56 Å². The summed E-state index contributed by atoms with van der Waals surface area (Å²) in [5.74, 6) is 2.30. The number of benzene rings is 2. The third-order valence-corrected chi connectivity index (χ3v) is 4.63. The van der Waals surface area contributed by atoms with Crippen molar-refractivity contribution in [3.63, 3.8) is 0 Å². The Balaban J connectivity index is 2.00. The standard InChI is InChI=1S/C23H31NO3/c1-15(2)18-9-7-8-10-21(18)27-12-11-24-23(25)20-14-19(16(3)4)22(26-6)13-17(20)5/h7-10,13-16H,11-12H2,1-6H3,(H,24,25). The lowest BCUT2D eigenvalue weighted by molar-refractivity contribution is 0.0946. The van der Waals surface area contributed by atoms with Crippen LogP contribution in [0.5, 0.6) is 11.5 Å². The van der Waals surface area contributed by atoms with Crippen LogP contribution in [0.25, 0.3) is 0 Å². The number of hydrogen-bond acceptors (Lipinski definition) is 3. The quantitative estimate of drug-likeness (QED) is 0.662. The molecule has 0 radical (unpaired) electrons. The van der Waals surface area contributed by atoms with E-state index in [1.54, 1.807) is 7.11 Å². The van der Waals surface area contributed by atoms with Gasteiger partial charge >= 0.3 is 0 Å². The molecule has 4 heteroatoms. The fourth-order valence-electron chi connectivity index (χ4n) is 3.08. The largest absolute Gasteiger partial charge is 0.496 e. The maximum Gasteiger partial charge on any atom is 0.251 e. The van der Waals surface area contributed by atoms with E-state index in [0.29, 0.717) is 24.6 Å². The van der Waals surface area contributed by atoms with Crippen molar-refractivity contribution < 1.29 is 14.3 Å². The van der Waals surface area contributed by atoms with Gasteiger partial charge in [-0.25, -0.2) is 0 Å². The molecule has 0 aliphatic heterocycles. The van der Waals surface area contributed by atoms with Gasteiger partial charge < -0.3 is 14.8 Å². The number of hydrogen-bond donors (Lipinski definition) is 1. The summed E-state index contributed by atoms with van der Waals surface area (Å²) in [5.41, 5.74) is 3.80. The summed E-state index contributed by atoms with van der Waals surface area (Å²) in [6.45, 7) is 11.3. The Labute approximate surface area is 162 Å². The Kier molecular flexibility index (Phi) is 7.28. The molecule has 0 heterocycles. The highest BCUT2D eigenvalue weighted by Gasteiger charge is 2.15. The van der Waals surface area contributed by atoms with Crippen molar-refractivity contribution in [3.8, 4) is 11.5 Å². The first-order valence-electron chi connectivity index (χ1n) is 9.53. The van der Waals surface area contributed by atoms with Gasteiger partial charge in [0.25, 0.3) is 5.91 Å². The number of nitrogens with one attached hydrogen (secondary N) is 1. The van der Waals surface area contributed by atoms with Gasteiger partial charge in [-0.1, -0.05) is 45.9 Å². The number of methoxy groups -OCH3 is 1. The van der Waals surface area contributed by atoms with Gasteiger partial charge in [-0.3, -0.25) is 4.79 Å². The molecule has 2 rings (SSSR count). The first-order valence-corrected chi connectivity index (χ1v) is 9.53. The summed E-state index contributed by atoms with van der Waals surface area (Å²) in [6, 6.07) is 11.9. The van der Waals surface area contributed by atoms with Gasteiger partial charge in [0, 0.05) is 5.56 Å². The predicted molar refractivity (Wildman–Crippen MR) is 110 cm³/mol. The molecular weight excluding hydrogens is 338 g/mol. The van der Waals surface area contributed by atoms with Crippen LogP contribution in [0.15, 0.2) is 36.4 Å². The summed E-state index contributed by atoms with van der Waals surface area (Å²) in [4.78, 5) is 12.6. The highest BCUT2D eigenvalue weighted by Crippen LogP contribution is 2.29. The smallest absolute Gasteiger partial charge is 0.251 e. The molecule has 0 fully saturated rings. The van der Waals surface area contributed by atoms with E-state index in [4.69, 9.17) is 9.47 Å². The van der Waals surface area contributed by atoms with Crippen molar-refractivity contribution in [1.29, 1.82) is 0 Å². The van der Waals surface area contributed by atoms with Crippen LogP contribution < -0.4 is 14.8 Å². The highest BCUT2D eigenvalue weighted by atomic mass is 16.5. The van der Waals surface area contributed by atoms with Gasteiger partial charge in [-0.05, 0) is 53.6 Å². The van der Waals surface area contributed by atoms with Crippen LogP contribution >= 0.6 is 0 Å². The van der Waals surface area contributed by atoms with E-state index in [2.05, 4.69) is 39.1 Å². The fourth-order valence-corrected chi connectivity index (χ4v) is 3.08. The molecule has 0 bridgehead atoms. The molecule has 0 saturated carbocycles. The number of carbonyl (C=O) groups excluding carboxylic acids is 1. The first-order chi connectivity index (χ1) is 12.8. The Morgan fingerprint density at radius 2 is 1.67 bits per heavy atom. The van der Waals surface area contributed by atoms with Gasteiger partial charge in [0.2, 0.25) is 0 Å². The molecular formula is C23H31NO3. The Morgan fingerprint density at radius 1 is 1.00 bits per heavy atom. The first kappa shape index (κ1) is 20.8. The second kappa shape index (κ2) is 9.45. The Hall–Kier alpha value is -2.49. The van der Waals surface area contributed by atoms with E-state index < -0.39 is 0 Å². The maximum atomic E-state index is 12.6. The molecule has 1 amide bonds. The van der Waals surface area contributed by atoms with Crippen molar-refractivity contribution in [3.05, 3.63) is 58.7 Å². The molecule has 2 aromatic carbocycles. The number of rotatable bonds is 8. The van der Waals surface area contributed by atoms with Crippen LogP contribution in [-0.4, -0.2) is 26.2 Å². The number of carbonyl (C=O) groups is 1. The van der Waals surface area contributed by atoms with Crippen molar-refractivity contribution >= 4 is 5.91 Å². The summed E-state index contributed by atoms with van der Waals surface area (Å²) in [7, 11) is 1.66. The lowest BCUT2D eigenvalue weighted by atomic mass is 9.96. The van der Waals surface area contributed by atoms with E-state index in [-0.39, 0.29) is 11.8 Å². The number of amides is 1. The third kappa shape index (κ3) is 5.25. The molecule has 4 nitrogen and oxygen atoms in total. The van der Waals surface area contributed by atoms with Crippen LogP contribution in [0, 0.1) is 6.92 Å². The minimum Gasteiger partial charge on any atom is -0.496 e. The molecule has 2 aromatic rings. The zero-order valence-electron chi connectivity index (χ0n) is 17.3. The summed E-state index contributed by atoms with van der Waals surface area (Å²) in [6.07, 6.45) is 0. The maximum absolute atomic E-state index is 12.6. The van der Waals surface area contributed by atoms with E-state index >= 15 is 0 Å². The van der Waals surface area contributed by atoms with Crippen LogP contribution in [0.3, 0.4) is 0 Å². The molecule has 0 aliphatic rings. The molecule has 27 heavy (non-hydrogen) atoms. The van der Waals surface area contributed by atoms with E-state index in [1.807, 2.05) is 37.3 Å². The van der Waals surface area contributed by atoms with Gasteiger partial charge in [0.15, 0.2) is 0 Å². The minimum atomic E-state index is -0.0854. The van der Waals surface area contributed by atoms with Gasteiger partial charge in [-0.2, -0.15) is 0 Å². The second-order valence-corrected chi connectivity index (χ2v) is 7.36. The van der Waals surface area contributed by atoms with Crippen LogP contribution in [0.1, 0.15) is 66.6 Å². The van der Waals surface area contributed by atoms with E-state index in [9.17, 15) is 4.79 Å². The molecule has 1 N–H and O–H groups in total. The van der Waals surface area contributed by atoms with Crippen LogP contribution in [0.2, 0.25) is 0 Å². The lowest BCUT2D eigenvalue weighted by Gasteiger charge is -2.16. The zero-order valence-corrected chi connectivity index (χ0v) is 17.3. The Bertz CT molecular complexity index is 781. The minimum absolute atomic E-state index is 0.0854. The summed E-state index contributed by atoms with van der Waals surface area (Å²) >= 11 is 0. The van der Waals surface area contributed by atoms with E-state index in [0.717, 1.165) is 22.6 Å². The van der Waals surface area contributed by atoms with Gasteiger partial charge in [0.1, 0.15) is 18.1 Å². The van der Waals surface area contributed by atoms with Crippen molar-refractivity contribution in [2.75, 3.05) is 20.3 Å². The monoisotopic (exact) mass is 369 g/mol. The molecule has 0 unspecified atom stereocenters.